The number of nitrogens with one attached hydrogen (secondary N) is 1. The minimum Gasteiger partial charge on any atom is -0.479 e. The van der Waals surface area contributed by atoms with E-state index < -0.39 is 0 Å². The van der Waals surface area contributed by atoms with Gasteiger partial charge in [-0.2, -0.15) is 0 Å². The lowest BCUT2D eigenvalue weighted by Crippen LogP contribution is -2.11. The van der Waals surface area contributed by atoms with Gasteiger partial charge in [-0.25, -0.2) is 9.97 Å². The van der Waals surface area contributed by atoms with Crippen LogP contribution < -0.4 is 10.1 Å². The predicted octanol–water partition coefficient (Wildman–Crippen LogP) is 5.86. The largest absolute Gasteiger partial charge is 0.479 e. The van der Waals surface area contributed by atoms with Crippen LogP contribution in [0.1, 0.15) is 10.4 Å². The first-order chi connectivity index (χ1) is 14.0. The summed E-state index contributed by atoms with van der Waals surface area (Å²) in [5.41, 5.74) is 4.16. The van der Waals surface area contributed by atoms with E-state index in [1.54, 1.807) is 30.3 Å². The first kappa shape index (κ1) is 19.2. The molecule has 0 spiro atoms. The van der Waals surface area contributed by atoms with Crippen molar-refractivity contribution in [2.75, 3.05) is 12.4 Å². The molecule has 0 unspecified atom stereocenters. The Labute approximate surface area is 177 Å². The minimum absolute atomic E-state index is 0.190. The van der Waals surface area contributed by atoms with E-state index in [2.05, 4.69) is 15.3 Å². The average molecular weight is 424 g/mol. The first-order valence-electron chi connectivity index (χ1n) is 8.73. The van der Waals surface area contributed by atoms with Crippen molar-refractivity contribution in [3.63, 3.8) is 0 Å². The van der Waals surface area contributed by atoms with Gasteiger partial charge in [-0.05, 0) is 42.0 Å². The van der Waals surface area contributed by atoms with Gasteiger partial charge in [-0.1, -0.05) is 53.5 Å². The van der Waals surface area contributed by atoms with Crippen molar-refractivity contribution in [3.8, 4) is 17.0 Å². The molecule has 0 saturated heterocycles. The Morgan fingerprint density at radius 3 is 2.41 bits per heavy atom. The number of anilines is 1. The van der Waals surface area contributed by atoms with Crippen molar-refractivity contribution in [1.82, 2.24) is 9.97 Å². The van der Waals surface area contributed by atoms with Gasteiger partial charge in [0.05, 0.1) is 18.1 Å². The highest BCUT2D eigenvalue weighted by molar-refractivity contribution is 6.33. The predicted molar refractivity (Wildman–Crippen MR) is 116 cm³/mol. The summed E-state index contributed by atoms with van der Waals surface area (Å²) in [6.45, 7) is 0. The third kappa shape index (κ3) is 4.01. The fraction of sp³-hybridized carbons (Fsp3) is 0.0455. The van der Waals surface area contributed by atoms with Gasteiger partial charge in [-0.15, -0.1) is 0 Å². The number of benzene rings is 3. The summed E-state index contributed by atoms with van der Waals surface area (Å²) in [7, 11) is 1.47. The molecule has 0 aliphatic heterocycles. The van der Waals surface area contributed by atoms with Crippen LogP contribution in [0.15, 0.2) is 66.7 Å². The monoisotopic (exact) mass is 423 g/mol. The van der Waals surface area contributed by atoms with E-state index in [-0.39, 0.29) is 16.9 Å². The summed E-state index contributed by atoms with van der Waals surface area (Å²) in [5.74, 6) is 0.00162. The second-order valence-corrected chi connectivity index (χ2v) is 7.00. The molecular weight excluding hydrogens is 409 g/mol. The molecule has 144 valence electrons. The molecule has 0 radical (unpaired) electrons. The van der Waals surface area contributed by atoms with Gasteiger partial charge in [0.25, 0.3) is 11.8 Å². The van der Waals surface area contributed by atoms with Crippen LogP contribution in [-0.4, -0.2) is 23.0 Å². The summed E-state index contributed by atoms with van der Waals surface area (Å²) in [4.78, 5) is 21.2. The zero-order chi connectivity index (χ0) is 20.4. The van der Waals surface area contributed by atoms with Crippen LogP contribution in [0.2, 0.25) is 10.2 Å². The van der Waals surface area contributed by atoms with Crippen LogP contribution in [0, 0.1) is 0 Å². The van der Waals surface area contributed by atoms with Crippen LogP contribution in [0.3, 0.4) is 0 Å². The normalized spacial score (nSPS) is 10.7. The Hall–Kier alpha value is -3.15. The summed E-state index contributed by atoms with van der Waals surface area (Å²) >= 11 is 12.2. The van der Waals surface area contributed by atoms with E-state index in [9.17, 15) is 4.79 Å². The summed E-state index contributed by atoms with van der Waals surface area (Å²) in [6, 6.07) is 20.0. The molecule has 1 heterocycles. The van der Waals surface area contributed by atoms with Crippen molar-refractivity contribution >= 4 is 45.8 Å². The minimum atomic E-state index is -0.232. The highest BCUT2D eigenvalue weighted by Crippen LogP contribution is 2.28. The third-order valence-corrected chi connectivity index (χ3v) is 4.95. The number of hydrogen-bond acceptors (Lipinski definition) is 4. The maximum atomic E-state index is 12.6. The van der Waals surface area contributed by atoms with E-state index in [1.807, 2.05) is 36.4 Å². The molecule has 5 nitrogen and oxygen atoms in total. The zero-order valence-corrected chi connectivity index (χ0v) is 16.8. The van der Waals surface area contributed by atoms with E-state index >= 15 is 0 Å². The smallest absolute Gasteiger partial charge is 0.255 e. The first-order valence-corrected chi connectivity index (χ1v) is 9.48. The van der Waals surface area contributed by atoms with Crippen LogP contribution in [0.25, 0.3) is 22.2 Å². The van der Waals surface area contributed by atoms with E-state index in [0.29, 0.717) is 27.3 Å². The number of halogens is 2. The molecule has 4 rings (SSSR count). The Morgan fingerprint density at radius 2 is 1.69 bits per heavy atom. The molecular formula is C22H15Cl2N3O2. The fourth-order valence-corrected chi connectivity index (χ4v) is 3.38. The Kier molecular flexibility index (Phi) is 5.34. The van der Waals surface area contributed by atoms with Crippen LogP contribution >= 0.6 is 23.2 Å². The number of fused-ring (bicyclic) bond motifs is 1. The quantitative estimate of drug-likeness (QED) is 0.446. The molecule has 29 heavy (non-hydrogen) atoms. The number of carbonyl (C=O) groups excluding carboxylic acids is 1. The molecule has 0 aliphatic rings. The lowest BCUT2D eigenvalue weighted by molar-refractivity contribution is 0.102. The number of amides is 1. The summed E-state index contributed by atoms with van der Waals surface area (Å²) < 4.78 is 5.10. The van der Waals surface area contributed by atoms with Crippen molar-refractivity contribution in [2.45, 2.75) is 0 Å². The number of rotatable bonds is 4. The van der Waals surface area contributed by atoms with Crippen molar-refractivity contribution in [3.05, 3.63) is 82.5 Å². The molecule has 1 amide bonds. The number of hydrogen-bond donors (Lipinski definition) is 1. The van der Waals surface area contributed by atoms with Crippen molar-refractivity contribution in [2.24, 2.45) is 0 Å². The number of nitrogens with zero attached hydrogens (tertiary/aromatic N) is 2. The second kappa shape index (κ2) is 8.07. The summed E-state index contributed by atoms with van der Waals surface area (Å²) in [6.07, 6.45) is 0. The third-order valence-electron chi connectivity index (χ3n) is 4.38. The Bertz CT molecular complexity index is 1210. The Balaban J connectivity index is 1.56. The number of methoxy groups -OCH3 is 1. The van der Waals surface area contributed by atoms with Gasteiger partial charge in [-0.3, -0.25) is 4.79 Å². The highest BCUT2D eigenvalue weighted by Gasteiger charge is 2.11. The van der Waals surface area contributed by atoms with E-state index in [4.69, 9.17) is 27.9 Å². The van der Waals surface area contributed by atoms with Gasteiger partial charge in [0.15, 0.2) is 5.15 Å². The topological polar surface area (TPSA) is 64.1 Å². The SMILES string of the molecule is COc1nc2cc(NC(=O)c3ccc(-c4ccccc4Cl)cc3)ccc2nc1Cl. The van der Waals surface area contributed by atoms with Crippen LogP contribution in [-0.2, 0) is 0 Å². The van der Waals surface area contributed by atoms with Crippen LogP contribution in [0.4, 0.5) is 5.69 Å². The van der Waals surface area contributed by atoms with Crippen molar-refractivity contribution < 1.29 is 9.53 Å². The zero-order valence-electron chi connectivity index (χ0n) is 15.3. The van der Waals surface area contributed by atoms with Gasteiger partial charge in [0.1, 0.15) is 0 Å². The number of carbonyl (C=O) groups is 1. The van der Waals surface area contributed by atoms with Gasteiger partial charge < -0.3 is 10.1 Å². The molecule has 0 saturated carbocycles. The van der Waals surface area contributed by atoms with E-state index in [1.165, 1.54) is 7.11 Å². The maximum Gasteiger partial charge on any atom is 0.255 e. The maximum absolute atomic E-state index is 12.6. The van der Waals surface area contributed by atoms with Crippen LogP contribution in [0.5, 0.6) is 5.88 Å². The molecule has 0 bridgehead atoms. The number of ether oxygens (including phenoxy) is 1. The molecule has 7 heteroatoms. The van der Waals surface area contributed by atoms with Crippen molar-refractivity contribution in [1.29, 1.82) is 0 Å². The molecule has 1 aromatic heterocycles. The lowest BCUT2D eigenvalue weighted by Gasteiger charge is -2.09. The molecule has 4 aromatic rings. The van der Waals surface area contributed by atoms with Gasteiger partial charge >= 0.3 is 0 Å². The van der Waals surface area contributed by atoms with E-state index in [0.717, 1.165) is 11.1 Å². The Morgan fingerprint density at radius 1 is 0.931 bits per heavy atom. The molecule has 0 fully saturated rings. The second-order valence-electron chi connectivity index (χ2n) is 6.24. The van der Waals surface area contributed by atoms with Gasteiger partial charge in [0, 0.05) is 21.8 Å². The highest BCUT2D eigenvalue weighted by atomic mass is 35.5. The average Bonchev–Trinajstić information content (AvgIpc) is 2.74. The molecule has 3 aromatic carbocycles. The van der Waals surface area contributed by atoms with Gasteiger partial charge in [0.2, 0.25) is 0 Å². The number of aromatic nitrogens is 2. The molecule has 1 N–H and O–H groups in total. The standard InChI is InChI=1S/C22H15Cl2N3O2/c1-29-22-20(24)26-18-11-10-15(12-19(18)27-22)25-21(28)14-8-6-13(7-9-14)16-4-2-3-5-17(16)23/h2-12H,1H3,(H,25,28). The summed E-state index contributed by atoms with van der Waals surface area (Å²) in [5, 5.41) is 3.72. The lowest BCUT2D eigenvalue weighted by atomic mass is 10.0. The fourth-order valence-electron chi connectivity index (χ4n) is 2.92. The molecule has 0 aliphatic carbocycles. The molecule has 0 atom stereocenters.